The van der Waals surface area contributed by atoms with Gasteiger partial charge in [0, 0.05) is 17.6 Å². The first kappa shape index (κ1) is 12.7. The van der Waals surface area contributed by atoms with Gasteiger partial charge in [0.2, 0.25) is 0 Å². The lowest BCUT2D eigenvalue weighted by Gasteiger charge is -2.00. The van der Waals surface area contributed by atoms with E-state index in [9.17, 15) is 4.79 Å². The minimum Gasteiger partial charge on any atom is -0.288 e. The summed E-state index contributed by atoms with van der Waals surface area (Å²) < 4.78 is 0. The second kappa shape index (κ2) is 7.83. The van der Waals surface area contributed by atoms with Gasteiger partial charge in [-0.1, -0.05) is 30.0 Å². The number of benzene rings is 1. The van der Waals surface area contributed by atoms with Crippen LogP contribution in [-0.4, -0.2) is 16.6 Å². The molecule has 0 bridgehead atoms. The number of unbranched alkanes of at least 4 members (excludes halogenated alkanes) is 1. The van der Waals surface area contributed by atoms with Crippen LogP contribution in [0.3, 0.4) is 0 Å². The molecule has 0 aliphatic carbocycles. The molecular weight excluding hydrogens is 224 g/mol. The lowest BCUT2D eigenvalue weighted by molar-refractivity contribution is -0.109. The quantitative estimate of drug-likeness (QED) is 0.555. The Labute approximate surface area is 100 Å². The number of carbonyl (C=O) groups is 1. The summed E-state index contributed by atoms with van der Waals surface area (Å²) in [6.07, 6.45) is 2.31. The average Bonchev–Trinajstić information content (AvgIpc) is 2.24. The highest BCUT2D eigenvalue weighted by Crippen LogP contribution is 2.18. The second-order valence-corrected chi connectivity index (χ2v) is 5.65. The van der Waals surface area contributed by atoms with Crippen molar-refractivity contribution in [3.8, 4) is 0 Å². The Morgan fingerprint density at radius 2 is 1.80 bits per heavy atom. The molecule has 0 radical (unpaired) electrons. The molecule has 0 saturated carbocycles. The lowest BCUT2D eigenvalue weighted by Crippen LogP contribution is -1.88. The molecular formula is C12H16OS2. The molecule has 0 saturated heterocycles. The summed E-state index contributed by atoms with van der Waals surface area (Å²) in [5.41, 5.74) is 0. The van der Waals surface area contributed by atoms with Crippen LogP contribution in [0.25, 0.3) is 0 Å². The van der Waals surface area contributed by atoms with Crippen LogP contribution >= 0.6 is 23.5 Å². The van der Waals surface area contributed by atoms with E-state index in [1.807, 2.05) is 17.8 Å². The molecule has 3 heteroatoms. The van der Waals surface area contributed by atoms with Gasteiger partial charge >= 0.3 is 0 Å². The van der Waals surface area contributed by atoms with E-state index >= 15 is 0 Å². The molecule has 15 heavy (non-hydrogen) atoms. The maximum atomic E-state index is 10.7. The van der Waals surface area contributed by atoms with Gasteiger partial charge in [0.25, 0.3) is 0 Å². The van der Waals surface area contributed by atoms with Crippen molar-refractivity contribution < 1.29 is 4.79 Å². The highest BCUT2D eigenvalue weighted by Gasteiger charge is 1.95. The van der Waals surface area contributed by atoms with Crippen molar-refractivity contribution in [1.82, 2.24) is 0 Å². The minimum absolute atomic E-state index is 0.228. The van der Waals surface area contributed by atoms with Gasteiger partial charge in [-0.05, 0) is 30.7 Å². The molecule has 1 nitrogen and oxygen atoms in total. The van der Waals surface area contributed by atoms with Crippen LogP contribution in [0.1, 0.15) is 19.8 Å². The first-order valence-electron chi connectivity index (χ1n) is 5.10. The van der Waals surface area contributed by atoms with Crippen LogP contribution < -0.4 is 0 Å². The third-order valence-electron chi connectivity index (χ3n) is 1.86. The molecule has 0 heterocycles. The zero-order chi connectivity index (χ0) is 10.9. The van der Waals surface area contributed by atoms with Crippen LogP contribution in [0.2, 0.25) is 0 Å². The Hall–Kier alpha value is -0.410. The monoisotopic (exact) mass is 240 g/mol. The highest BCUT2D eigenvalue weighted by molar-refractivity contribution is 8.13. The predicted octanol–water partition coefficient (Wildman–Crippen LogP) is 3.84. The van der Waals surface area contributed by atoms with E-state index in [1.165, 1.54) is 23.1 Å². The van der Waals surface area contributed by atoms with Crippen molar-refractivity contribution in [3.05, 3.63) is 30.3 Å². The fourth-order valence-corrected chi connectivity index (χ4v) is 2.70. The lowest BCUT2D eigenvalue weighted by atomic mass is 10.4. The van der Waals surface area contributed by atoms with Gasteiger partial charge in [-0.15, -0.1) is 11.8 Å². The van der Waals surface area contributed by atoms with E-state index in [1.54, 1.807) is 6.92 Å². The third kappa shape index (κ3) is 6.63. The summed E-state index contributed by atoms with van der Waals surface area (Å²) in [6, 6.07) is 10.4. The van der Waals surface area contributed by atoms with Crippen LogP contribution in [0.4, 0.5) is 0 Å². The molecule has 1 aromatic rings. The van der Waals surface area contributed by atoms with E-state index in [4.69, 9.17) is 0 Å². The van der Waals surface area contributed by atoms with E-state index in [2.05, 4.69) is 24.3 Å². The zero-order valence-electron chi connectivity index (χ0n) is 8.94. The maximum absolute atomic E-state index is 10.7. The Kier molecular flexibility index (Phi) is 6.60. The van der Waals surface area contributed by atoms with Crippen molar-refractivity contribution >= 4 is 28.6 Å². The van der Waals surface area contributed by atoms with Crippen molar-refractivity contribution in [1.29, 1.82) is 0 Å². The maximum Gasteiger partial charge on any atom is 0.185 e. The van der Waals surface area contributed by atoms with Crippen molar-refractivity contribution in [2.45, 2.75) is 24.7 Å². The molecule has 1 rings (SSSR count). The van der Waals surface area contributed by atoms with Gasteiger partial charge in [-0.25, -0.2) is 0 Å². The topological polar surface area (TPSA) is 17.1 Å². The summed E-state index contributed by atoms with van der Waals surface area (Å²) in [5, 5.41) is 0.228. The van der Waals surface area contributed by atoms with Crippen molar-refractivity contribution in [3.63, 3.8) is 0 Å². The molecule has 0 atom stereocenters. The van der Waals surface area contributed by atoms with E-state index < -0.39 is 0 Å². The molecule has 0 amide bonds. The van der Waals surface area contributed by atoms with Crippen LogP contribution in [-0.2, 0) is 4.79 Å². The van der Waals surface area contributed by atoms with Crippen molar-refractivity contribution in [2.24, 2.45) is 0 Å². The van der Waals surface area contributed by atoms with E-state index in [-0.39, 0.29) is 5.12 Å². The normalized spacial score (nSPS) is 10.2. The summed E-state index contributed by atoms with van der Waals surface area (Å²) in [7, 11) is 0. The van der Waals surface area contributed by atoms with Gasteiger partial charge < -0.3 is 0 Å². The molecule has 0 fully saturated rings. The van der Waals surface area contributed by atoms with Gasteiger partial charge in [-0.2, -0.15) is 0 Å². The smallest absolute Gasteiger partial charge is 0.185 e. The Bertz CT molecular complexity index is 285. The van der Waals surface area contributed by atoms with Gasteiger partial charge in [0.1, 0.15) is 0 Å². The molecule has 0 aliphatic rings. The number of hydrogen-bond donors (Lipinski definition) is 0. The number of rotatable bonds is 6. The molecule has 0 aromatic heterocycles. The average molecular weight is 240 g/mol. The number of thioether (sulfide) groups is 2. The molecule has 0 spiro atoms. The summed E-state index contributed by atoms with van der Waals surface area (Å²) in [5.74, 6) is 2.10. The fourth-order valence-electron chi connectivity index (χ4n) is 1.13. The molecule has 0 unspecified atom stereocenters. The first-order chi connectivity index (χ1) is 7.29. The number of hydrogen-bond acceptors (Lipinski definition) is 3. The Morgan fingerprint density at radius 3 is 2.47 bits per heavy atom. The van der Waals surface area contributed by atoms with Gasteiger partial charge in [0.05, 0.1) is 0 Å². The summed E-state index contributed by atoms with van der Waals surface area (Å²) in [6.45, 7) is 1.63. The van der Waals surface area contributed by atoms with Crippen LogP contribution in [0, 0.1) is 0 Å². The van der Waals surface area contributed by atoms with E-state index in [0.29, 0.717) is 0 Å². The Morgan fingerprint density at radius 1 is 1.13 bits per heavy atom. The van der Waals surface area contributed by atoms with Crippen molar-refractivity contribution in [2.75, 3.05) is 11.5 Å². The standard InChI is InChI=1S/C12H16OS2/c1-11(13)14-9-5-6-10-15-12-7-3-2-4-8-12/h2-4,7-8H,5-6,9-10H2,1H3. The fraction of sp³-hybridized carbons (Fsp3) is 0.417. The molecule has 0 N–H and O–H groups in total. The SMILES string of the molecule is CC(=O)SCCCCSc1ccccc1. The zero-order valence-corrected chi connectivity index (χ0v) is 10.6. The molecule has 0 aliphatic heterocycles. The highest BCUT2D eigenvalue weighted by atomic mass is 32.2. The Balaban J connectivity index is 2.00. The second-order valence-electron chi connectivity index (χ2n) is 3.21. The van der Waals surface area contributed by atoms with Gasteiger partial charge in [-0.3, -0.25) is 4.79 Å². The first-order valence-corrected chi connectivity index (χ1v) is 7.07. The van der Waals surface area contributed by atoms with E-state index in [0.717, 1.165) is 17.9 Å². The van der Waals surface area contributed by atoms with Crippen LogP contribution in [0.15, 0.2) is 35.2 Å². The summed E-state index contributed by atoms with van der Waals surface area (Å²) in [4.78, 5) is 12.0. The number of carbonyl (C=O) groups excluding carboxylic acids is 1. The van der Waals surface area contributed by atoms with Gasteiger partial charge in [0.15, 0.2) is 5.12 Å². The minimum atomic E-state index is 0.228. The summed E-state index contributed by atoms with van der Waals surface area (Å²) >= 11 is 3.31. The predicted molar refractivity (Wildman–Crippen MR) is 69.5 cm³/mol. The van der Waals surface area contributed by atoms with Crippen LogP contribution in [0.5, 0.6) is 0 Å². The third-order valence-corrected chi connectivity index (χ3v) is 3.85. The molecule has 82 valence electrons. The molecule has 1 aromatic carbocycles. The largest absolute Gasteiger partial charge is 0.288 e.